The highest BCUT2D eigenvalue weighted by molar-refractivity contribution is 5.14. The van der Waals surface area contributed by atoms with Crippen LogP contribution in [0.2, 0.25) is 0 Å². The maximum Gasteiger partial charge on any atom is 0.0234 e. The average Bonchev–Trinajstić information content (AvgIpc) is 2.49. The first-order valence-electron chi connectivity index (χ1n) is 8.07. The average molecular weight is 273 g/mol. The van der Waals surface area contributed by atoms with Crippen LogP contribution >= 0.6 is 0 Å². The molecule has 1 unspecified atom stereocenters. The fraction of sp³-hybridized carbons (Fsp3) is 0.647. The van der Waals surface area contributed by atoms with Crippen LogP contribution in [-0.4, -0.2) is 48.1 Å². The van der Waals surface area contributed by atoms with Gasteiger partial charge in [0.05, 0.1) is 0 Å². The first-order valence-corrected chi connectivity index (χ1v) is 8.07. The molecule has 0 bridgehead atoms. The van der Waals surface area contributed by atoms with Gasteiger partial charge in [-0.25, -0.2) is 0 Å². The summed E-state index contributed by atoms with van der Waals surface area (Å²) < 4.78 is 0. The second-order valence-electron chi connectivity index (χ2n) is 6.38. The van der Waals surface area contributed by atoms with E-state index < -0.39 is 0 Å². The Labute approximate surface area is 122 Å². The summed E-state index contributed by atoms with van der Waals surface area (Å²) in [6.45, 7) is 5.91. The monoisotopic (exact) mass is 273 g/mol. The summed E-state index contributed by atoms with van der Waals surface area (Å²) in [6, 6.07) is 12.0. The molecule has 1 aliphatic heterocycles. The van der Waals surface area contributed by atoms with E-state index in [1.807, 2.05) is 0 Å². The summed E-state index contributed by atoms with van der Waals surface area (Å²) >= 11 is 0. The van der Waals surface area contributed by atoms with Crippen molar-refractivity contribution in [2.24, 2.45) is 5.73 Å². The minimum Gasteiger partial charge on any atom is -0.328 e. The smallest absolute Gasteiger partial charge is 0.0234 e. The van der Waals surface area contributed by atoms with E-state index in [-0.39, 0.29) is 0 Å². The van der Waals surface area contributed by atoms with Gasteiger partial charge in [0, 0.05) is 44.8 Å². The Morgan fingerprint density at radius 2 is 1.75 bits per heavy atom. The van der Waals surface area contributed by atoms with Gasteiger partial charge in [-0.3, -0.25) is 9.80 Å². The van der Waals surface area contributed by atoms with E-state index in [0.29, 0.717) is 6.04 Å². The molecule has 1 saturated carbocycles. The summed E-state index contributed by atoms with van der Waals surface area (Å²) in [5.74, 6) is 0. The molecule has 1 aromatic carbocycles. The van der Waals surface area contributed by atoms with Crippen molar-refractivity contribution >= 4 is 0 Å². The molecule has 2 fully saturated rings. The van der Waals surface area contributed by atoms with Gasteiger partial charge >= 0.3 is 0 Å². The van der Waals surface area contributed by atoms with Crippen LogP contribution in [0.5, 0.6) is 0 Å². The molecule has 2 N–H and O–H groups in total. The number of nitrogens with two attached hydrogens (primary N) is 1. The Kier molecular flexibility index (Phi) is 4.71. The van der Waals surface area contributed by atoms with Gasteiger partial charge in [0.2, 0.25) is 0 Å². The highest BCUT2D eigenvalue weighted by Crippen LogP contribution is 2.23. The molecule has 3 heteroatoms. The zero-order valence-corrected chi connectivity index (χ0v) is 12.4. The molecule has 1 heterocycles. The van der Waals surface area contributed by atoms with E-state index >= 15 is 0 Å². The molecule has 0 aromatic heterocycles. The minimum atomic E-state index is 0.441. The number of hydrogen-bond acceptors (Lipinski definition) is 3. The maximum atomic E-state index is 6.12. The molecule has 20 heavy (non-hydrogen) atoms. The Bertz CT molecular complexity index is 398. The van der Waals surface area contributed by atoms with Gasteiger partial charge in [-0.15, -0.1) is 0 Å². The van der Waals surface area contributed by atoms with Gasteiger partial charge in [0.15, 0.2) is 0 Å². The molecule has 1 saturated heterocycles. The number of rotatable bonds is 3. The second-order valence-corrected chi connectivity index (χ2v) is 6.38. The van der Waals surface area contributed by atoms with Crippen LogP contribution in [0.4, 0.5) is 0 Å². The van der Waals surface area contributed by atoms with Crippen molar-refractivity contribution < 1.29 is 0 Å². The lowest BCUT2D eigenvalue weighted by Gasteiger charge is -2.42. The van der Waals surface area contributed by atoms with Gasteiger partial charge < -0.3 is 5.73 Å². The van der Waals surface area contributed by atoms with Crippen LogP contribution in [0.3, 0.4) is 0 Å². The zero-order chi connectivity index (χ0) is 13.8. The van der Waals surface area contributed by atoms with E-state index in [4.69, 9.17) is 5.73 Å². The molecule has 1 aliphatic carbocycles. The Morgan fingerprint density at radius 1 is 1.00 bits per heavy atom. The highest BCUT2D eigenvalue weighted by atomic mass is 15.3. The minimum absolute atomic E-state index is 0.441. The molecular formula is C17H27N3. The predicted octanol–water partition coefficient (Wildman–Crippen LogP) is 2.07. The van der Waals surface area contributed by atoms with E-state index in [2.05, 4.69) is 40.1 Å². The van der Waals surface area contributed by atoms with Crippen molar-refractivity contribution in [3.05, 3.63) is 35.9 Å². The fourth-order valence-electron chi connectivity index (χ4n) is 3.66. The lowest BCUT2D eigenvalue weighted by molar-refractivity contribution is 0.0719. The molecular weight excluding hydrogens is 246 g/mol. The van der Waals surface area contributed by atoms with Crippen LogP contribution in [0, 0.1) is 0 Å². The summed E-state index contributed by atoms with van der Waals surface area (Å²) in [7, 11) is 0. The molecule has 3 rings (SSSR count). The number of benzene rings is 1. The van der Waals surface area contributed by atoms with E-state index in [9.17, 15) is 0 Å². The van der Waals surface area contributed by atoms with Gasteiger partial charge in [-0.2, -0.15) is 0 Å². The van der Waals surface area contributed by atoms with Crippen LogP contribution in [0.1, 0.15) is 31.2 Å². The Morgan fingerprint density at radius 3 is 2.45 bits per heavy atom. The lowest BCUT2D eigenvalue weighted by Crippen LogP contribution is -2.52. The van der Waals surface area contributed by atoms with Crippen molar-refractivity contribution in [1.82, 2.24) is 9.80 Å². The fourth-order valence-corrected chi connectivity index (χ4v) is 3.66. The number of hydrogen-bond donors (Lipinski definition) is 1. The normalized spacial score (nSPS) is 29.4. The third-order valence-electron chi connectivity index (χ3n) is 4.86. The first kappa shape index (κ1) is 14.1. The number of piperazine rings is 1. The zero-order valence-electron chi connectivity index (χ0n) is 12.4. The number of nitrogens with zero attached hydrogens (tertiary/aromatic N) is 2. The maximum absolute atomic E-state index is 6.12. The largest absolute Gasteiger partial charge is 0.328 e. The Hall–Kier alpha value is -0.900. The molecule has 110 valence electrons. The van der Waals surface area contributed by atoms with E-state index in [1.165, 1.54) is 57.4 Å². The first-order chi connectivity index (χ1) is 9.81. The Balaban J connectivity index is 1.47. The van der Waals surface area contributed by atoms with Crippen LogP contribution < -0.4 is 5.73 Å². The van der Waals surface area contributed by atoms with Crippen LogP contribution in [0.15, 0.2) is 30.3 Å². The highest BCUT2D eigenvalue weighted by Gasteiger charge is 2.27. The van der Waals surface area contributed by atoms with Gasteiger partial charge in [0.25, 0.3) is 0 Å². The molecule has 0 amide bonds. The predicted molar refractivity (Wildman–Crippen MR) is 83.5 cm³/mol. The molecule has 2 aliphatic rings. The van der Waals surface area contributed by atoms with Gasteiger partial charge in [-0.1, -0.05) is 36.8 Å². The SMILES string of the molecule is NC1CCC[C@@H](N2CCN(Cc3ccccc3)CC2)C1. The molecule has 1 aromatic rings. The molecule has 0 radical (unpaired) electrons. The standard InChI is InChI=1S/C17H27N3/c18-16-7-4-8-17(13-16)20-11-9-19(10-12-20)14-15-5-2-1-3-6-15/h1-3,5-6,16-17H,4,7-14,18H2/t16?,17-/m1/s1. The molecule has 3 nitrogen and oxygen atoms in total. The van der Waals surface area contributed by atoms with Crippen molar-refractivity contribution in [1.29, 1.82) is 0 Å². The van der Waals surface area contributed by atoms with Crippen molar-refractivity contribution in [2.45, 2.75) is 44.3 Å². The van der Waals surface area contributed by atoms with E-state index in [1.54, 1.807) is 0 Å². The lowest BCUT2D eigenvalue weighted by atomic mass is 9.90. The second kappa shape index (κ2) is 6.70. The summed E-state index contributed by atoms with van der Waals surface area (Å²) in [6.07, 6.45) is 5.10. The van der Waals surface area contributed by atoms with Crippen molar-refractivity contribution in [3.63, 3.8) is 0 Å². The van der Waals surface area contributed by atoms with Crippen LogP contribution in [0.25, 0.3) is 0 Å². The van der Waals surface area contributed by atoms with Crippen molar-refractivity contribution in [3.8, 4) is 0 Å². The van der Waals surface area contributed by atoms with Crippen LogP contribution in [-0.2, 0) is 6.54 Å². The van der Waals surface area contributed by atoms with Gasteiger partial charge in [-0.05, 0) is 24.8 Å². The molecule has 0 spiro atoms. The van der Waals surface area contributed by atoms with E-state index in [0.717, 1.165) is 12.6 Å². The van der Waals surface area contributed by atoms with Crippen molar-refractivity contribution in [2.75, 3.05) is 26.2 Å². The molecule has 2 atom stereocenters. The summed E-state index contributed by atoms with van der Waals surface area (Å²) in [4.78, 5) is 5.26. The summed E-state index contributed by atoms with van der Waals surface area (Å²) in [5.41, 5.74) is 7.56. The topological polar surface area (TPSA) is 32.5 Å². The van der Waals surface area contributed by atoms with Gasteiger partial charge in [0.1, 0.15) is 0 Å². The third kappa shape index (κ3) is 3.60. The summed E-state index contributed by atoms with van der Waals surface area (Å²) in [5, 5.41) is 0. The third-order valence-corrected chi connectivity index (χ3v) is 4.86. The quantitative estimate of drug-likeness (QED) is 0.915.